The molecule has 1 fully saturated rings. The van der Waals surface area contributed by atoms with Gasteiger partial charge in [0.25, 0.3) is 5.56 Å². The first-order valence-electron chi connectivity index (χ1n) is 11.6. The van der Waals surface area contributed by atoms with Crippen molar-refractivity contribution in [3.05, 3.63) is 89.0 Å². The van der Waals surface area contributed by atoms with E-state index in [1.807, 2.05) is 72.5 Å². The zero-order chi connectivity index (χ0) is 23.4. The van der Waals surface area contributed by atoms with E-state index >= 15 is 0 Å². The van der Waals surface area contributed by atoms with Gasteiger partial charge in [0.15, 0.2) is 0 Å². The molecule has 0 saturated carbocycles. The first kappa shape index (κ1) is 22.9. The fourth-order valence-corrected chi connectivity index (χ4v) is 4.58. The number of nitrogens with zero attached hydrogens (tertiary/aromatic N) is 3. The molecule has 1 aliphatic rings. The summed E-state index contributed by atoms with van der Waals surface area (Å²) in [4.78, 5) is 31.9. The summed E-state index contributed by atoms with van der Waals surface area (Å²) in [6.45, 7) is 4.87. The predicted molar refractivity (Wildman–Crippen MR) is 129 cm³/mol. The van der Waals surface area contributed by atoms with Crippen molar-refractivity contribution < 1.29 is 9.90 Å². The molecule has 4 rings (SSSR count). The molecule has 2 atom stereocenters. The molecular formula is C27H31N3O3. The molecule has 2 aromatic carbocycles. The van der Waals surface area contributed by atoms with E-state index in [-0.39, 0.29) is 17.4 Å². The van der Waals surface area contributed by atoms with Crippen LogP contribution in [0.5, 0.6) is 0 Å². The molecule has 1 amide bonds. The lowest BCUT2D eigenvalue weighted by Crippen LogP contribution is -2.51. The molecule has 1 aliphatic heterocycles. The van der Waals surface area contributed by atoms with Gasteiger partial charge in [-0.15, -0.1) is 0 Å². The van der Waals surface area contributed by atoms with E-state index in [9.17, 15) is 14.7 Å². The Morgan fingerprint density at radius 2 is 1.64 bits per heavy atom. The number of aromatic nitrogens is 2. The van der Waals surface area contributed by atoms with E-state index < -0.39 is 11.6 Å². The Hall–Kier alpha value is -3.25. The summed E-state index contributed by atoms with van der Waals surface area (Å²) in [7, 11) is 0. The Morgan fingerprint density at radius 1 is 1.03 bits per heavy atom. The Morgan fingerprint density at radius 3 is 2.24 bits per heavy atom. The fraction of sp³-hybridized carbons (Fsp3) is 0.370. The summed E-state index contributed by atoms with van der Waals surface area (Å²) in [6.07, 6.45) is 2.81. The minimum Gasteiger partial charge on any atom is -0.388 e. The molecule has 172 valence electrons. The van der Waals surface area contributed by atoms with Crippen molar-refractivity contribution in [3.8, 4) is 11.3 Å². The average Bonchev–Trinajstić information content (AvgIpc) is 2.85. The highest BCUT2D eigenvalue weighted by atomic mass is 16.3. The van der Waals surface area contributed by atoms with Crippen molar-refractivity contribution in [2.24, 2.45) is 0 Å². The van der Waals surface area contributed by atoms with Gasteiger partial charge >= 0.3 is 0 Å². The average molecular weight is 446 g/mol. The van der Waals surface area contributed by atoms with E-state index in [2.05, 4.69) is 11.9 Å². The van der Waals surface area contributed by atoms with Crippen molar-refractivity contribution in [2.75, 3.05) is 13.1 Å². The second-order valence-corrected chi connectivity index (χ2v) is 9.06. The van der Waals surface area contributed by atoms with Gasteiger partial charge in [0.2, 0.25) is 5.91 Å². The lowest BCUT2D eigenvalue weighted by atomic mass is 9.84. The molecule has 1 unspecified atom stereocenters. The molecule has 1 saturated heterocycles. The molecule has 0 spiro atoms. The first-order chi connectivity index (χ1) is 15.9. The van der Waals surface area contributed by atoms with Crippen LogP contribution in [0, 0.1) is 0 Å². The molecule has 0 bridgehead atoms. The molecule has 3 aromatic rings. The number of aliphatic hydroxyl groups is 1. The molecule has 1 aromatic heterocycles. The van der Waals surface area contributed by atoms with Crippen LogP contribution < -0.4 is 5.56 Å². The van der Waals surface area contributed by atoms with E-state index in [0.29, 0.717) is 38.0 Å². The van der Waals surface area contributed by atoms with Crippen molar-refractivity contribution in [1.29, 1.82) is 0 Å². The molecule has 6 heteroatoms. The third kappa shape index (κ3) is 5.06. The maximum atomic E-state index is 12.8. The second kappa shape index (κ2) is 9.71. The van der Waals surface area contributed by atoms with E-state index in [1.165, 1.54) is 17.0 Å². The van der Waals surface area contributed by atoms with Crippen molar-refractivity contribution in [1.82, 2.24) is 14.5 Å². The Kier molecular flexibility index (Phi) is 6.75. The van der Waals surface area contributed by atoms with Crippen LogP contribution >= 0.6 is 0 Å². The SMILES string of the molecule is CC(CC(=O)N1CCC(O)([C@H](C)n2cnc(-c3ccccc3)cc2=O)CC1)c1ccccc1. The van der Waals surface area contributed by atoms with Gasteiger partial charge in [-0.3, -0.25) is 14.2 Å². The molecule has 2 heterocycles. The quantitative estimate of drug-likeness (QED) is 0.622. The van der Waals surface area contributed by atoms with Crippen LogP contribution in [0.1, 0.15) is 50.6 Å². The smallest absolute Gasteiger partial charge is 0.254 e. The van der Waals surface area contributed by atoms with Crippen molar-refractivity contribution >= 4 is 5.91 Å². The van der Waals surface area contributed by atoms with Gasteiger partial charge in [0.1, 0.15) is 0 Å². The third-order valence-corrected chi connectivity index (χ3v) is 6.93. The maximum Gasteiger partial charge on any atom is 0.254 e. The van der Waals surface area contributed by atoms with E-state index in [4.69, 9.17) is 0 Å². The van der Waals surface area contributed by atoms with Gasteiger partial charge < -0.3 is 10.0 Å². The van der Waals surface area contributed by atoms with Crippen molar-refractivity contribution in [3.63, 3.8) is 0 Å². The van der Waals surface area contributed by atoms with Crippen LogP contribution in [0.4, 0.5) is 0 Å². The fourth-order valence-electron chi connectivity index (χ4n) is 4.58. The minimum atomic E-state index is -1.07. The lowest BCUT2D eigenvalue weighted by molar-refractivity contribution is -0.137. The Labute approximate surface area is 194 Å². The molecule has 6 nitrogen and oxygen atoms in total. The number of piperidine rings is 1. The number of hydrogen-bond donors (Lipinski definition) is 1. The highest BCUT2D eigenvalue weighted by molar-refractivity contribution is 5.77. The first-order valence-corrected chi connectivity index (χ1v) is 11.6. The van der Waals surface area contributed by atoms with Gasteiger partial charge in [0, 0.05) is 31.1 Å². The van der Waals surface area contributed by atoms with Gasteiger partial charge in [-0.1, -0.05) is 67.6 Å². The minimum absolute atomic E-state index is 0.104. The van der Waals surface area contributed by atoms with Crippen LogP contribution in [-0.2, 0) is 4.79 Å². The number of carbonyl (C=O) groups excluding carboxylic acids is 1. The molecule has 1 N–H and O–H groups in total. The normalized spacial score (nSPS) is 17.4. The Balaban J connectivity index is 1.40. The highest BCUT2D eigenvalue weighted by Gasteiger charge is 2.40. The van der Waals surface area contributed by atoms with Crippen molar-refractivity contribution in [2.45, 2.75) is 50.7 Å². The summed E-state index contributed by atoms with van der Waals surface area (Å²) in [5.74, 6) is 0.248. The zero-order valence-corrected chi connectivity index (χ0v) is 19.2. The van der Waals surface area contributed by atoms with Crippen LogP contribution in [0.25, 0.3) is 11.3 Å². The molecular weight excluding hydrogens is 414 g/mol. The summed E-state index contributed by atoms with van der Waals surface area (Å²) < 4.78 is 1.50. The zero-order valence-electron chi connectivity index (χ0n) is 19.2. The largest absolute Gasteiger partial charge is 0.388 e. The lowest BCUT2D eigenvalue weighted by Gasteiger charge is -2.42. The standard InChI is InChI=1S/C27H31N3O3/c1-20(22-9-5-3-6-10-22)17-25(31)29-15-13-27(33,14-16-29)21(2)30-19-28-24(18-26(30)32)23-11-7-4-8-12-23/h3-12,18-21,33H,13-17H2,1-2H3/t20?,21-/m0/s1. The van der Waals surface area contributed by atoms with Crippen LogP contribution in [0.2, 0.25) is 0 Å². The topological polar surface area (TPSA) is 75.4 Å². The summed E-state index contributed by atoms with van der Waals surface area (Å²) in [5.41, 5.74) is 1.38. The van der Waals surface area contributed by atoms with E-state index in [0.717, 1.165) is 11.1 Å². The number of carbonyl (C=O) groups is 1. The number of benzene rings is 2. The number of likely N-dealkylation sites (tertiary alicyclic amines) is 1. The van der Waals surface area contributed by atoms with E-state index in [1.54, 1.807) is 0 Å². The summed E-state index contributed by atoms with van der Waals surface area (Å²) in [5, 5.41) is 11.3. The number of amides is 1. The van der Waals surface area contributed by atoms with Gasteiger partial charge in [0.05, 0.1) is 23.7 Å². The summed E-state index contributed by atoms with van der Waals surface area (Å²) in [6, 6.07) is 20.7. The summed E-state index contributed by atoms with van der Waals surface area (Å²) >= 11 is 0. The van der Waals surface area contributed by atoms with Crippen LogP contribution in [-0.4, -0.2) is 44.2 Å². The van der Waals surface area contributed by atoms with Gasteiger partial charge in [-0.25, -0.2) is 4.98 Å². The maximum absolute atomic E-state index is 12.8. The van der Waals surface area contributed by atoms with Crippen LogP contribution in [0.3, 0.4) is 0 Å². The predicted octanol–water partition coefficient (Wildman–Crippen LogP) is 4.02. The Bertz CT molecular complexity index is 1140. The molecule has 0 aliphatic carbocycles. The van der Waals surface area contributed by atoms with Crippen LogP contribution in [0.15, 0.2) is 77.9 Å². The molecule has 0 radical (unpaired) electrons. The number of rotatable bonds is 6. The monoisotopic (exact) mass is 445 g/mol. The van der Waals surface area contributed by atoms with Gasteiger partial charge in [-0.2, -0.15) is 0 Å². The third-order valence-electron chi connectivity index (χ3n) is 6.93. The van der Waals surface area contributed by atoms with Gasteiger partial charge in [-0.05, 0) is 31.2 Å². The number of hydrogen-bond acceptors (Lipinski definition) is 4. The second-order valence-electron chi connectivity index (χ2n) is 9.06. The molecule has 33 heavy (non-hydrogen) atoms. The highest BCUT2D eigenvalue weighted by Crippen LogP contribution is 2.33.